The van der Waals surface area contributed by atoms with Crippen molar-refractivity contribution in [2.75, 3.05) is 7.11 Å². The monoisotopic (exact) mass is 167 g/mol. The van der Waals surface area contributed by atoms with Crippen LogP contribution in [0.2, 0.25) is 0 Å². The van der Waals surface area contributed by atoms with Crippen LogP contribution in [0.5, 0.6) is 5.75 Å². The Hall–Kier alpha value is -1.06. The molecule has 0 bridgehead atoms. The summed E-state index contributed by atoms with van der Waals surface area (Å²) in [5, 5.41) is 8.63. The van der Waals surface area contributed by atoms with E-state index in [1.165, 1.54) is 0 Å². The summed E-state index contributed by atoms with van der Waals surface area (Å²) in [5.41, 5.74) is 3.20. The standard InChI is InChI=1S/C9H13NO2/c1-7(10-11)8-3-5-9(12-2)6-4-8/h3-7,10-11H,1-2H3. The molecule has 12 heavy (non-hydrogen) atoms. The number of nitrogens with one attached hydrogen (secondary N) is 1. The van der Waals surface area contributed by atoms with Crippen LogP contribution in [0.25, 0.3) is 0 Å². The molecule has 3 heteroatoms. The van der Waals surface area contributed by atoms with Crippen LogP contribution in [0.4, 0.5) is 0 Å². The van der Waals surface area contributed by atoms with E-state index in [9.17, 15) is 0 Å². The molecule has 1 unspecified atom stereocenters. The van der Waals surface area contributed by atoms with Gasteiger partial charge in [0, 0.05) is 0 Å². The van der Waals surface area contributed by atoms with Crippen LogP contribution in [0.1, 0.15) is 18.5 Å². The van der Waals surface area contributed by atoms with E-state index in [0.717, 1.165) is 11.3 Å². The van der Waals surface area contributed by atoms with Crippen molar-refractivity contribution in [3.63, 3.8) is 0 Å². The SMILES string of the molecule is COc1ccc(C(C)NO)cc1. The second-order valence-corrected chi connectivity index (χ2v) is 2.62. The van der Waals surface area contributed by atoms with Crippen molar-refractivity contribution in [1.82, 2.24) is 5.48 Å². The first-order valence-corrected chi connectivity index (χ1v) is 3.81. The fraction of sp³-hybridized carbons (Fsp3) is 0.333. The van der Waals surface area contributed by atoms with Gasteiger partial charge in [0.2, 0.25) is 0 Å². The summed E-state index contributed by atoms with van der Waals surface area (Å²) in [5.74, 6) is 0.823. The van der Waals surface area contributed by atoms with Gasteiger partial charge in [-0.3, -0.25) is 0 Å². The molecule has 0 aromatic heterocycles. The Morgan fingerprint density at radius 1 is 1.33 bits per heavy atom. The Morgan fingerprint density at radius 3 is 2.33 bits per heavy atom. The molecule has 0 fully saturated rings. The average molecular weight is 167 g/mol. The van der Waals surface area contributed by atoms with Gasteiger partial charge in [0.1, 0.15) is 5.75 Å². The highest BCUT2D eigenvalue weighted by atomic mass is 16.5. The Kier molecular flexibility index (Phi) is 3.08. The summed E-state index contributed by atoms with van der Waals surface area (Å²) >= 11 is 0. The largest absolute Gasteiger partial charge is 0.497 e. The highest BCUT2D eigenvalue weighted by Gasteiger charge is 2.01. The number of methoxy groups -OCH3 is 1. The van der Waals surface area contributed by atoms with E-state index in [-0.39, 0.29) is 6.04 Å². The zero-order chi connectivity index (χ0) is 8.97. The van der Waals surface area contributed by atoms with Gasteiger partial charge in [-0.15, -0.1) is 0 Å². The molecule has 1 atom stereocenters. The van der Waals surface area contributed by atoms with Gasteiger partial charge in [0.05, 0.1) is 13.2 Å². The molecule has 2 N–H and O–H groups in total. The van der Waals surface area contributed by atoms with Crippen molar-refractivity contribution >= 4 is 0 Å². The molecule has 0 heterocycles. The first kappa shape index (κ1) is 9.03. The third-order valence-electron chi connectivity index (χ3n) is 1.81. The van der Waals surface area contributed by atoms with Gasteiger partial charge >= 0.3 is 0 Å². The van der Waals surface area contributed by atoms with Gasteiger partial charge in [0.15, 0.2) is 0 Å². The van der Waals surface area contributed by atoms with Crippen molar-refractivity contribution in [2.45, 2.75) is 13.0 Å². The number of benzene rings is 1. The normalized spacial score (nSPS) is 12.6. The zero-order valence-corrected chi connectivity index (χ0v) is 7.24. The van der Waals surface area contributed by atoms with Gasteiger partial charge < -0.3 is 9.94 Å². The second kappa shape index (κ2) is 4.09. The Labute approximate surface area is 71.9 Å². The van der Waals surface area contributed by atoms with Gasteiger partial charge in [-0.1, -0.05) is 12.1 Å². The molecular weight excluding hydrogens is 154 g/mol. The molecule has 0 saturated carbocycles. The maximum absolute atomic E-state index is 8.63. The molecule has 0 spiro atoms. The number of ether oxygens (including phenoxy) is 1. The number of hydroxylamine groups is 1. The summed E-state index contributed by atoms with van der Waals surface area (Å²) in [7, 11) is 1.63. The lowest BCUT2D eigenvalue weighted by Crippen LogP contribution is -2.12. The Morgan fingerprint density at radius 2 is 1.92 bits per heavy atom. The molecule has 3 nitrogen and oxygen atoms in total. The predicted octanol–water partition coefficient (Wildman–Crippen LogP) is 1.73. The van der Waals surface area contributed by atoms with E-state index in [1.54, 1.807) is 7.11 Å². The minimum atomic E-state index is -0.0455. The van der Waals surface area contributed by atoms with Crippen molar-refractivity contribution in [3.8, 4) is 5.75 Å². The van der Waals surface area contributed by atoms with Crippen LogP contribution in [-0.2, 0) is 0 Å². The molecule has 0 amide bonds. The molecule has 0 aliphatic rings. The van der Waals surface area contributed by atoms with Crippen molar-refractivity contribution in [2.24, 2.45) is 0 Å². The van der Waals surface area contributed by atoms with Gasteiger partial charge in [-0.05, 0) is 24.6 Å². The molecule has 0 saturated heterocycles. The number of hydrogen-bond donors (Lipinski definition) is 2. The minimum absolute atomic E-state index is 0.0455. The van der Waals surface area contributed by atoms with Crippen molar-refractivity contribution in [3.05, 3.63) is 29.8 Å². The molecular formula is C9H13NO2. The number of rotatable bonds is 3. The van der Waals surface area contributed by atoms with Gasteiger partial charge in [-0.2, -0.15) is 5.48 Å². The molecule has 1 aromatic rings. The van der Waals surface area contributed by atoms with Gasteiger partial charge in [0.25, 0.3) is 0 Å². The fourth-order valence-corrected chi connectivity index (χ4v) is 0.967. The summed E-state index contributed by atoms with van der Waals surface area (Å²) in [4.78, 5) is 0. The fourth-order valence-electron chi connectivity index (χ4n) is 0.967. The summed E-state index contributed by atoms with van der Waals surface area (Å²) in [6.07, 6.45) is 0. The summed E-state index contributed by atoms with van der Waals surface area (Å²) < 4.78 is 5.00. The van der Waals surface area contributed by atoms with Gasteiger partial charge in [-0.25, -0.2) is 0 Å². The smallest absolute Gasteiger partial charge is 0.118 e. The number of hydrogen-bond acceptors (Lipinski definition) is 3. The maximum atomic E-state index is 8.63. The first-order valence-electron chi connectivity index (χ1n) is 3.81. The quantitative estimate of drug-likeness (QED) is 0.674. The predicted molar refractivity (Wildman–Crippen MR) is 46.3 cm³/mol. The van der Waals surface area contributed by atoms with Crippen LogP contribution in [-0.4, -0.2) is 12.3 Å². The van der Waals surface area contributed by atoms with E-state index in [4.69, 9.17) is 9.94 Å². The first-order chi connectivity index (χ1) is 5.77. The average Bonchev–Trinajstić information content (AvgIpc) is 2.17. The van der Waals surface area contributed by atoms with Crippen LogP contribution in [0.15, 0.2) is 24.3 Å². The molecule has 1 rings (SSSR count). The van der Waals surface area contributed by atoms with Crippen LogP contribution < -0.4 is 10.2 Å². The van der Waals surface area contributed by atoms with E-state index < -0.39 is 0 Å². The molecule has 0 radical (unpaired) electrons. The molecule has 0 aliphatic carbocycles. The highest BCUT2D eigenvalue weighted by molar-refractivity contribution is 5.28. The topological polar surface area (TPSA) is 41.5 Å². The summed E-state index contributed by atoms with van der Waals surface area (Å²) in [6, 6.07) is 7.50. The van der Waals surface area contributed by atoms with Crippen molar-refractivity contribution < 1.29 is 9.94 Å². The van der Waals surface area contributed by atoms with E-state index in [0.29, 0.717) is 0 Å². The van der Waals surface area contributed by atoms with Crippen LogP contribution >= 0.6 is 0 Å². The summed E-state index contributed by atoms with van der Waals surface area (Å²) in [6.45, 7) is 1.88. The molecule has 0 aliphatic heterocycles. The molecule has 66 valence electrons. The van der Waals surface area contributed by atoms with E-state index >= 15 is 0 Å². The zero-order valence-electron chi connectivity index (χ0n) is 7.24. The van der Waals surface area contributed by atoms with Crippen LogP contribution in [0.3, 0.4) is 0 Å². The minimum Gasteiger partial charge on any atom is -0.497 e. The highest BCUT2D eigenvalue weighted by Crippen LogP contribution is 2.16. The van der Waals surface area contributed by atoms with Crippen LogP contribution in [0, 0.1) is 0 Å². The Balaban J connectivity index is 2.77. The third-order valence-corrected chi connectivity index (χ3v) is 1.81. The van der Waals surface area contributed by atoms with E-state index in [2.05, 4.69) is 5.48 Å². The lowest BCUT2D eigenvalue weighted by Gasteiger charge is -2.09. The lowest BCUT2D eigenvalue weighted by atomic mass is 10.1. The lowest BCUT2D eigenvalue weighted by molar-refractivity contribution is 0.133. The molecule has 1 aromatic carbocycles. The second-order valence-electron chi connectivity index (χ2n) is 2.62. The van der Waals surface area contributed by atoms with Crippen molar-refractivity contribution in [1.29, 1.82) is 0 Å². The van der Waals surface area contributed by atoms with E-state index in [1.807, 2.05) is 31.2 Å². The Bertz CT molecular complexity index is 233. The maximum Gasteiger partial charge on any atom is 0.118 e. The third kappa shape index (κ3) is 1.96.